The van der Waals surface area contributed by atoms with Gasteiger partial charge in [0.15, 0.2) is 0 Å². The molecule has 0 saturated heterocycles. The lowest BCUT2D eigenvalue weighted by molar-refractivity contribution is -0.140. The molecule has 23 heavy (non-hydrogen) atoms. The molecule has 1 saturated carbocycles. The number of aliphatic carboxylic acids is 1. The Kier molecular flexibility index (Phi) is 4.22. The topological polar surface area (TPSA) is 81.1 Å². The number of hydrogen-bond acceptors (Lipinski definition) is 3. The van der Waals surface area contributed by atoms with Crippen molar-refractivity contribution in [1.82, 2.24) is 9.55 Å². The predicted octanol–water partition coefficient (Wildman–Crippen LogP) is 2.59. The number of imidazole rings is 1. The Hall–Kier alpha value is -2.14. The third-order valence-electron chi connectivity index (χ3n) is 5.02. The molecule has 0 spiro atoms. The van der Waals surface area contributed by atoms with Crippen molar-refractivity contribution in [3.63, 3.8) is 0 Å². The number of carboxylic acid groups (broad SMARTS) is 1. The van der Waals surface area contributed by atoms with Crippen LogP contribution in [0.5, 0.6) is 0 Å². The number of carbonyl (C=O) groups is 1. The van der Waals surface area contributed by atoms with Crippen LogP contribution >= 0.6 is 0 Å². The van der Waals surface area contributed by atoms with Crippen LogP contribution in [0.2, 0.25) is 0 Å². The number of benzene rings is 1. The van der Waals surface area contributed by atoms with E-state index in [0.717, 1.165) is 18.5 Å². The molecule has 3 N–H and O–H groups in total. The highest BCUT2D eigenvalue weighted by Gasteiger charge is 2.65. The fourth-order valence-electron chi connectivity index (χ4n) is 3.66. The standard InChI is InChI=1S/C18H23N3O2/c1-2-6-13(10-19)15-9-18(15,17(22)23)16-11-21(12-20-16)14-7-4-3-5-8-14/h3-5,7-8,11-13,15H,2,6,9-10,19H2,1H3,(H,22,23). The molecule has 1 aromatic heterocycles. The molecule has 2 aromatic rings. The van der Waals surface area contributed by atoms with E-state index in [2.05, 4.69) is 11.9 Å². The van der Waals surface area contributed by atoms with Crippen molar-refractivity contribution in [3.8, 4) is 5.69 Å². The molecule has 122 valence electrons. The fourth-order valence-corrected chi connectivity index (χ4v) is 3.66. The van der Waals surface area contributed by atoms with E-state index in [1.807, 2.05) is 41.1 Å². The lowest BCUT2D eigenvalue weighted by Gasteiger charge is -2.17. The van der Waals surface area contributed by atoms with Gasteiger partial charge in [-0.3, -0.25) is 4.79 Å². The first-order chi connectivity index (χ1) is 11.1. The first-order valence-corrected chi connectivity index (χ1v) is 8.16. The zero-order chi connectivity index (χ0) is 16.4. The molecule has 1 aliphatic rings. The predicted molar refractivity (Wildman–Crippen MR) is 88.4 cm³/mol. The average molecular weight is 313 g/mol. The lowest BCUT2D eigenvalue weighted by atomic mass is 9.89. The van der Waals surface area contributed by atoms with Crippen LogP contribution in [0.3, 0.4) is 0 Å². The van der Waals surface area contributed by atoms with Crippen LogP contribution in [0.25, 0.3) is 5.69 Å². The van der Waals surface area contributed by atoms with Crippen LogP contribution in [-0.2, 0) is 10.2 Å². The minimum absolute atomic E-state index is 0.0871. The summed E-state index contributed by atoms with van der Waals surface area (Å²) in [6.45, 7) is 2.64. The van der Waals surface area contributed by atoms with Crippen LogP contribution in [0.4, 0.5) is 0 Å². The highest BCUT2D eigenvalue weighted by atomic mass is 16.4. The summed E-state index contributed by atoms with van der Waals surface area (Å²) in [6, 6.07) is 9.81. The second-order valence-corrected chi connectivity index (χ2v) is 6.37. The van der Waals surface area contributed by atoms with Gasteiger partial charge in [0.2, 0.25) is 0 Å². The van der Waals surface area contributed by atoms with Gasteiger partial charge in [-0.05, 0) is 43.4 Å². The smallest absolute Gasteiger partial charge is 0.316 e. The molecular formula is C18H23N3O2. The molecule has 3 unspecified atom stereocenters. The molecule has 0 bridgehead atoms. The number of nitrogens with two attached hydrogens (primary N) is 1. The Bertz CT molecular complexity index is 683. The molecule has 0 radical (unpaired) electrons. The SMILES string of the molecule is CCCC(CN)C1CC1(C(=O)O)c1cn(-c2ccccc2)cn1. The summed E-state index contributed by atoms with van der Waals surface area (Å²) in [5.41, 5.74) is 6.64. The van der Waals surface area contributed by atoms with Gasteiger partial charge < -0.3 is 15.4 Å². The molecular weight excluding hydrogens is 290 g/mol. The van der Waals surface area contributed by atoms with Gasteiger partial charge in [-0.2, -0.15) is 0 Å². The van der Waals surface area contributed by atoms with Gasteiger partial charge in [0, 0.05) is 11.9 Å². The number of aromatic nitrogens is 2. The summed E-state index contributed by atoms with van der Waals surface area (Å²) < 4.78 is 1.88. The van der Waals surface area contributed by atoms with Crippen molar-refractivity contribution >= 4 is 5.97 Å². The Balaban J connectivity index is 1.90. The highest BCUT2D eigenvalue weighted by molar-refractivity contribution is 5.85. The molecule has 1 aliphatic carbocycles. The van der Waals surface area contributed by atoms with Gasteiger partial charge in [0.05, 0.1) is 12.0 Å². The average Bonchev–Trinajstić information content (AvgIpc) is 3.13. The van der Waals surface area contributed by atoms with Crippen LogP contribution in [0, 0.1) is 11.8 Å². The summed E-state index contributed by atoms with van der Waals surface area (Å²) in [5, 5.41) is 9.83. The van der Waals surface area contributed by atoms with E-state index < -0.39 is 11.4 Å². The van der Waals surface area contributed by atoms with Gasteiger partial charge in [-0.25, -0.2) is 4.98 Å². The molecule has 0 amide bonds. The maximum absolute atomic E-state index is 12.0. The van der Waals surface area contributed by atoms with E-state index in [9.17, 15) is 9.90 Å². The second-order valence-electron chi connectivity index (χ2n) is 6.37. The zero-order valence-corrected chi connectivity index (χ0v) is 13.4. The van der Waals surface area contributed by atoms with Crippen molar-refractivity contribution < 1.29 is 9.90 Å². The van der Waals surface area contributed by atoms with Crippen molar-refractivity contribution in [1.29, 1.82) is 0 Å². The second kappa shape index (κ2) is 6.16. The van der Waals surface area contributed by atoms with E-state index in [1.165, 1.54) is 0 Å². The highest BCUT2D eigenvalue weighted by Crippen LogP contribution is 2.58. The van der Waals surface area contributed by atoms with E-state index in [4.69, 9.17) is 5.73 Å². The van der Waals surface area contributed by atoms with Gasteiger partial charge in [-0.15, -0.1) is 0 Å². The molecule has 1 heterocycles. The summed E-state index contributed by atoms with van der Waals surface area (Å²) in [7, 11) is 0. The Morgan fingerprint density at radius 3 is 2.83 bits per heavy atom. The van der Waals surface area contributed by atoms with Crippen molar-refractivity contribution in [2.24, 2.45) is 17.6 Å². The molecule has 3 rings (SSSR count). The lowest BCUT2D eigenvalue weighted by Crippen LogP contribution is -2.28. The van der Waals surface area contributed by atoms with Crippen LogP contribution in [0.15, 0.2) is 42.9 Å². The third-order valence-corrected chi connectivity index (χ3v) is 5.02. The quantitative estimate of drug-likeness (QED) is 0.823. The minimum Gasteiger partial charge on any atom is -0.481 e. The van der Waals surface area contributed by atoms with Crippen LogP contribution < -0.4 is 5.73 Å². The maximum atomic E-state index is 12.0. The van der Waals surface area contributed by atoms with Gasteiger partial charge in [0.25, 0.3) is 0 Å². The van der Waals surface area contributed by atoms with Crippen molar-refractivity contribution in [3.05, 3.63) is 48.5 Å². The summed E-state index contributed by atoms with van der Waals surface area (Å²) in [5.74, 6) is -0.447. The van der Waals surface area contributed by atoms with E-state index in [0.29, 0.717) is 18.7 Å². The van der Waals surface area contributed by atoms with E-state index in [-0.39, 0.29) is 11.8 Å². The monoisotopic (exact) mass is 313 g/mol. The first-order valence-electron chi connectivity index (χ1n) is 8.16. The molecule has 5 nitrogen and oxygen atoms in total. The van der Waals surface area contributed by atoms with Crippen LogP contribution in [0.1, 0.15) is 31.9 Å². The summed E-state index contributed by atoms with van der Waals surface area (Å²) in [6.07, 6.45) is 6.17. The van der Waals surface area contributed by atoms with Crippen molar-refractivity contribution in [2.45, 2.75) is 31.6 Å². The van der Waals surface area contributed by atoms with Gasteiger partial charge >= 0.3 is 5.97 Å². The number of rotatable bonds is 7. The molecule has 1 aromatic carbocycles. The zero-order valence-electron chi connectivity index (χ0n) is 13.4. The molecule has 1 fully saturated rings. The van der Waals surface area contributed by atoms with Crippen molar-refractivity contribution in [2.75, 3.05) is 6.54 Å². The normalized spacial score (nSPS) is 24.3. The van der Waals surface area contributed by atoms with Crippen LogP contribution in [-0.4, -0.2) is 27.2 Å². The summed E-state index contributed by atoms with van der Waals surface area (Å²) >= 11 is 0. The molecule has 5 heteroatoms. The van der Waals surface area contributed by atoms with E-state index >= 15 is 0 Å². The molecule has 3 atom stereocenters. The van der Waals surface area contributed by atoms with E-state index in [1.54, 1.807) is 6.33 Å². The Labute approximate surface area is 136 Å². The number of nitrogens with zero attached hydrogens (tertiary/aromatic N) is 2. The third kappa shape index (κ3) is 2.65. The van der Waals surface area contributed by atoms with Gasteiger partial charge in [0.1, 0.15) is 5.41 Å². The Morgan fingerprint density at radius 2 is 2.22 bits per heavy atom. The number of para-hydroxylation sites is 1. The maximum Gasteiger partial charge on any atom is 0.316 e. The number of hydrogen-bond donors (Lipinski definition) is 2. The fraction of sp³-hybridized carbons (Fsp3) is 0.444. The molecule has 0 aliphatic heterocycles. The summed E-state index contributed by atoms with van der Waals surface area (Å²) in [4.78, 5) is 16.4. The first kappa shape index (κ1) is 15.7. The Morgan fingerprint density at radius 1 is 1.48 bits per heavy atom. The minimum atomic E-state index is -0.862. The number of carboxylic acids is 1. The largest absolute Gasteiger partial charge is 0.481 e. The van der Waals surface area contributed by atoms with Gasteiger partial charge in [-0.1, -0.05) is 31.5 Å².